The zero-order chi connectivity index (χ0) is 25.0. The topological polar surface area (TPSA) is 79.2 Å². The average molecular weight is 514 g/mol. The molecule has 3 rings (SSSR count). The number of aliphatic hydroxyl groups excluding tert-OH is 2. The SMILES string of the molecule is CCOC(=O)COc1ccc(C[C@@H](C)N(C[C@H](O)c2ccccc2)C[C@H](O)c2ccccc2)cc1.Cl. The lowest BCUT2D eigenvalue weighted by Crippen LogP contribution is -2.40. The van der Waals surface area contributed by atoms with Crippen molar-refractivity contribution in [3.8, 4) is 5.75 Å². The first-order valence-corrected chi connectivity index (χ1v) is 12.0. The molecule has 7 heteroatoms. The Morgan fingerprint density at radius 3 is 1.81 bits per heavy atom. The Morgan fingerprint density at radius 1 is 0.833 bits per heavy atom. The lowest BCUT2D eigenvalue weighted by Gasteiger charge is -2.33. The van der Waals surface area contributed by atoms with Gasteiger partial charge in [-0.05, 0) is 49.1 Å². The van der Waals surface area contributed by atoms with E-state index in [1.54, 1.807) is 6.92 Å². The number of carbonyl (C=O) groups excluding carboxylic acids is 1. The van der Waals surface area contributed by atoms with Gasteiger partial charge in [0, 0.05) is 19.1 Å². The van der Waals surface area contributed by atoms with E-state index in [-0.39, 0.29) is 25.1 Å². The first-order valence-electron chi connectivity index (χ1n) is 12.0. The molecule has 0 heterocycles. The van der Waals surface area contributed by atoms with Crippen LogP contribution in [0.5, 0.6) is 5.75 Å². The minimum atomic E-state index is -0.666. The highest BCUT2D eigenvalue weighted by Crippen LogP contribution is 2.22. The number of aliphatic hydroxyl groups is 2. The molecular formula is C29H36ClNO5. The Morgan fingerprint density at radius 2 is 1.33 bits per heavy atom. The van der Waals surface area contributed by atoms with Crippen molar-refractivity contribution in [3.05, 3.63) is 102 Å². The highest BCUT2D eigenvalue weighted by atomic mass is 35.5. The minimum Gasteiger partial charge on any atom is -0.482 e. The highest BCUT2D eigenvalue weighted by Gasteiger charge is 2.22. The van der Waals surface area contributed by atoms with Gasteiger partial charge in [0.1, 0.15) is 5.75 Å². The lowest BCUT2D eigenvalue weighted by atomic mass is 10.0. The van der Waals surface area contributed by atoms with Crippen LogP contribution in [0.25, 0.3) is 0 Å². The van der Waals surface area contributed by atoms with Crippen molar-refractivity contribution in [3.63, 3.8) is 0 Å². The summed E-state index contributed by atoms with van der Waals surface area (Å²) in [5.74, 6) is 0.208. The normalized spacial score (nSPS) is 13.4. The molecule has 6 nitrogen and oxygen atoms in total. The lowest BCUT2D eigenvalue weighted by molar-refractivity contribution is -0.145. The summed E-state index contributed by atoms with van der Waals surface area (Å²) in [7, 11) is 0. The predicted molar refractivity (Wildman–Crippen MR) is 143 cm³/mol. The maximum atomic E-state index is 11.5. The molecule has 0 saturated heterocycles. The molecule has 0 amide bonds. The summed E-state index contributed by atoms with van der Waals surface area (Å²) >= 11 is 0. The van der Waals surface area contributed by atoms with Gasteiger partial charge in [-0.15, -0.1) is 12.4 Å². The smallest absolute Gasteiger partial charge is 0.344 e. The van der Waals surface area contributed by atoms with Crippen LogP contribution in [0.3, 0.4) is 0 Å². The number of esters is 1. The highest BCUT2D eigenvalue weighted by molar-refractivity contribution is 5.85. The first-order chi connectivity index (χ1) is 17.0. The van der Waals surface area contributed by atoms with Crippen LogP contribution >= 0.6 is 12.4 Å². The fraction of sp³-hybridized carbons (Fsp3) is 0.345. The Labute approximate surface area is 219 Å². The summed E-state index contributed by atoms with van der Waals surface area (Å²) in [4.78, 5) is 13.6. The molecule has 36 heavy (non-hydrogen) atoms. The number of rotatable bonds is 13. The molecule has 0 aliphatic carbocycles. The van der Waals surface area contributed by atoms with Gasteiger partial charge in [-0.3, -0.25) is 4.90 Å². The summed E-state index contributed by atoms with van der Waals surface area (Å²) in [5.41, 5.74) is 2.79. The molecule has 3 aromatic rings. The van der Waals surface area contributed by atoms with Crippen molar-refractivity contribution in [2.45, 2.75) is 38.5 Å². The van der Waals surface area contributed by atoms with Gasteiger partial charge >= 0.3 is 5.97 Å². The molecule has 0 spiro atoms. The van der Waals surface area contributed by atoms with Crippen LogP contribution in [0, 0.1) is 0 Å². The quantitative estimate of drug-likeness (QED) is 0.321. The van der Waals surface area contributed by atoms with Crippen LogP contribution in [0.1, 0.15) is 42.7 Å². The second kappa shape index (κ2) is 15.3. The van der Waals surface area contributed by atoms with Gasteiger partial charge in [0.15, 0.2) is 6.61 Å². The van der Waals surface area contributed by atoms with Gasteiger partial charge in [-0.1, -0.05) is 72.8 Å². The van der Waals surface area contributed by atoms with E-state index in [9.17, 15) is 15.0 Å². The fourth-order valence-electron chi connectivity index (χ4n) is 3.98. The maximum absolute atomic E-state index is 11.5. The van der Waals surface area contributed by atoms with E-state index in [1.807, 2.05) is 84.9 Å². The second-order valence-electron chi connectivity index (χ2n) is 8.60. The molecule has 0 fully saturated rings. The molecule has 194 valence electrons. The molecule has 0 radical (unpaired) electrons. The molecule has 0 saturated carbocycles. The number of ether oxygens (including phenoxy) is 2. The third-order valence-electron chi connectivity index (χ3n) is 5.92. The summed E-state index contributed by atoms with van der Waals surface area (Å²) in [5, 5.41) is 21.8. The molecule has 0 aliphatic heterocycles. The molecule has 0 bridgehead atoms. The standard InChI is InChI=1S/C29H35NO5.ClH/c1-3-34-29(33)21-35-26-16-14-23(15-17-26)18-22(2)30(19-27(31)24-10-6-4-7-11-24)20-28(32)25-12-8-5-9-13-25;/h4-17,22,27-28,31-32H,3,18-21H2,1-2H3;1H/t22-,27+,28+;/m1./s1. The number of benzene rings is 3. The van der Waals surface area contributed by atoms with E-state index in [1.165, 1.54) is 0 Å². The van der Waals surface area contributed by atoms with Gasteiger partial charge in [-0.25, -0.2) is 4.79 Å². The van der Waals surface area contributed by atoms with Crippen molar-refractivity contribution in [1.82, 2.24) is 4.90 Å². The minimum absolute atomic E-state index is 0. The molecular weight excluding hydrogens is 478 g/mol. The van der Waals surface area contributed by atoms with Crippen LogP contribution in [0.15, 0.2) is 84.9 Å². The number of halogens is 1. The Kier molecular flexibility index (Phi) is 12.4. The van der Waals surface area contributed by atoms with E-state index in [2.05, 4.69) is 11.8 Å². The van der Waals surface area contributed by atoms with Crippen molar-refractivity contribution >= 4 is 18.4 Å². The number of hydrogen-bond donors (Lipinski definition) is 2. The number of carbonyl (C=O) groups is 1. The Hall–Kier alpha value is -2.90. The van der Waals surface area contributed by atoms with Crippen LogP contribution < -0.4 is 4.74 Å². The van der Waals surface area contributed by atoms with Gasteiger partial charge in [0.25, 0.3) is 0 Å². The molecule has 2 N–H and O–H groups in total. The fourth-order valence-corrected chi connectivity index (χ4v) is 3.98. The summed E-state index contributed by atoms with van der Waals surface area (Å²) in [6, 6.07) is 26.8. The predicted octanol–water partition coefficient (Wildman–Crippen LogP) is 4.75. The summed E-state index contributed by atoms with van der Waals surface area (Å²) in [6.45, 7) is 4.86. The zero-order valence-corrected chi connectivity index (χ0v) is 21.6. The van der Waals surface area contributed by atoms with E-state index in [4.69, 9.17) is 9.47 Å². The van der Waals surface area contributed by atoms with Crippen LogP contribution in [0.2, 0.25) is 0 Å². The summed E-state index contributed by atoms with van der Waals surface area (Å²) in [6.07, 6.45) is -0.609. The van der Waals surface area contributed by atoms with Crippen LogP contribution in [-0.4, -0.2) is 53.4 Å². The second-order valence-corrected chi connectivity index (χ2v) is 8.60. The Balaban J connectivity index is 0.00000456. The molecule has 0 unspecified atom stereocenters. The van der Waals surface area contributed by atoms with Crippen molar-refractivity contribution in [1.29, 1.82) is 0 Å². The van der Waals surface area contributed by atoms with E-state index in [0.29, 0.717) is 25.4 Å². The van der Waals surface area contributed by atoms with Crippen LogP contribution in [0.4, 0.5) is 0 Å². The molecule has 0 aliphatic rings. The van der Waals surface area contributed by atoms with E-state index in [0.717, 1.165) is 23.1 Å². The molecule has 0 aromatic heterocycles. The maximum Gasteiger partial charge on any atom is 0.344 e. The van der Waals surface area contributed by atoms with Gasteiger partial charge < -0.3 is 19.7 Å². The monoisotopic (exact) mass is 513 g/mol. The van der Waals surface area contributed by atoms with Gasteiger partial charge in [-0.2, -0.15) is 0 Å². The largest absolute Gasteiger partial charge is 0.482 e. The van der Waals surface area contributed by atoms with Crippen LogP contribution in [-0.2, 0) is 16.0 Å². The molecule has 3 aromatic carbocycles. The Bertz CT molecular complexity index is 969. The third kappa shape index (κ3) is 9.28. The van der Waals surface area contributed by atoms with E-state index >= 15 is 0 Å². The first kappa shape index (κ1) is 29.3. The van der Waals surface area contributed by atoms with E-state index < -0.39 is 18.2 Å². The molecule has 3 atom stereocenters. The van der Waals surface area contributed by atoms with Crippen molar-refractivity contribution in [2.75, 3.05) is 26.3 Å². The average Bonchev–Trinajstić information content (AvgIpc) is 2.89. The van der Waals surface area contributed by atoms with Gasteiger partial charge in [0.05, 0.1) is 18.8 Å². The number of hydrogen-bond acceptors (Lipinski definition) is 6. The number of nitrogens with zero attached hydrogens (tertiary/aromatic N) is 1. The van der Waals surface area contributed by atoms with Crippen molar-refractivity contribution in [2.24, 2.45) is 0 Å². The third-order valence-corrected chi connectivity index (χ3v) is 5.92. The van der Waals surface area contributed by atoms with Crippen molar-refractivity contribution < 1.29 is 24.5 Å². The zero-order valence-electron chi connectivity index (χ0n) is 20.8. The summed E-state index contributed by atoms with van der Waals surface area (Å²) < 4.78 is 10.4. The van der Waals surface area contributed by atoms with Gasteiger partial charge in [0.2, 0.25) is 0 Å².